The lowest BCUT2D eigenvalue weighted by molar-refractivity contribution is -0.114. The van der Waals surface area contributed by atoms with Crippen molar-refractivity contribution in [1.29, 1.82) is 0 Å². The highest BCUT2D eigenvalue weighted by molar-refractivity contribution is 8.00. The van der Waals surface area contributed by atoms with Crippen molar-refractivity contribution in [1.82, 2.24) is 5.32 Å². The van der Waals surface area contributed by atoms with Crippen LogP contribution in [0.2, 0.25) is 0 Å². The van der Waals surface area contributed by atoms with Crippen molar-refractivity contribution in [2.75, 3.05) is 42.5 Å². The molecule has 3 amide bonds. The van der Waals surface area contributed by atoms with Gasteiger partial charge in [0, 0.05) is 47.7 Å². The van der Waals surface area contributed by atoms with Gasteiger partial charge in [0.1, 0.15) is 11.4 Å². The topological polar surface area (TPSA) is 99.8 Å². The number of hydrogen-bond acceptors (Lipinski definition) is 6. The van der Waals surface area contributed by atoms with E-state index in [0.29, 0.717) is 22.7 Å². The van der Waals surface area contributed by atoms with Gasteiger partial charge in [0.15, 0.2) is 0 Å². The van der Waals surface area contributed by atoms with Crippen molar-refractivity contribution in [3.63, 3.8) is 0 Å². The van der Waals surface area contributed by atoms with Crippen LogP contribution in [0.25, 0.3) is 6.08 Å². The molecule has 0 fully saturated rings. The van der Waals surface area contributed by atoms with Crippen LogP contribution >= 0.6 is 11.8 Å². The van der Waals surface area contributed by atoms with Crippen molar-refractivity contribution in [2.24, 2.45) is 0 Å². The van der Waals surface area contributed by atoms with Gasteiger partial charge in [-0.05, 0) is 66.2 Å². The normalized spacial score (nSPS) is 10.9. The molecule has 0 atom stereocenters. The summed E-state index contributed by atoms with van der Waals surface area (Å²) in [6.07, 6.45) is 1.64. The molecule has 9 heteroatoms. The second-order valence-electron chi connectivity index (χ2n) is 9.41. The molecule has 0 heterocycles. The van der Waals surface area contributed by atoms with Crippen molar-refractivity contribution < 1.29 is 19.1 Å². The fourth-order valence-corrected chi connectivity index (χ4v) is 4.64. The summed E-state index contributed by atoms with van der Waals surface area (Å²) in [6, 6.07) is 30.7. The largest absolute Gasteiger partial charge is 0.497 e. The van der Waals surface area contributed by atoms with E-state index in [9.17, 15) is 14.4 Å². The van der Waals surface area contributed by atoms with E-state index in [1.165, 1.54) is 11.8 Å². The van der Waals surface area contributed by atoms with E-state index in [1.807, 2.05) is 55.4 Å². The molecule has 0 saturated carbocycles. The van der Waals surface area contributed by atoms with Crippen LogP contribution in [0, 0.1) is 0 Å². The molecule has 0 radical (unpaired) electrons. The fourth-order valence-electron chi connectivity index (χ4n) is 3.89. The van der Waals surface area contributed by atoms with Gasteiger partial charge in [-0.25, -0.2) is 0 Å². The van der Waals surface area contributed by atoms with Crippen LogP contribution in [0.3, 0.4) is 0 Å². The number of hydrogen-bond donors (Lipinski definition) is 3. The summed E-state index contributed by atoms with van der Waals surface area (Å²) in [5.41, 5.74) is 3.47. The summed E-state index contributed by atoms with van der Waals surface area (Å²) in [7, 11) is 5.47. The Balaban J connectivity index is 1.45. The molecule has 0 saturated heterocycles. The predicted octanol–water partition coefficient (Wildman–Crippen LogP) is 5.90. The van der Waals surface area contributed by atoms with E-state index in [-0.39, 0.29) is 17.4 Å². The maximum atomic E-state index is 13.4. The molecule has 0 aliphatic heterocycles. The first-order chi connectivity index (χ1) is 20.3. The Morgan fingerprint density at radius 2 is 1.50 bits per heavy atom. The van der Waals surface area contributed by atoms with Crippen LogP contribution in [-0.2, 0) is 9.59 Å². The van der Waals surface area contributed by atoms with E-state index >= 15 is 0 Å². The minimum Gasteiger partial charge on any atom is -0.497 e. The van der Waals surface area contributed by atoms with Crippen molar-refractivity contribution >= 4 is 52.6 Å². The number of rotatable bonds is 11. The number of thioether (sulfide) groups is 1. The molecule has 8 nitrogen and oxygen atoms in total. The molecule has 0 unspecified atom stereocenters. The molecule has 0 bridgehead atoms. The number of carbonyl (C=O) groups excluding carboxylic acids is 3. The number of nitrogens with one attached hydrogen (secondary N) is 3. The maximum absolute atomic E-state index is 13.4. The molecular formula is C33H32N4O4S. The van der Waals surface area contributed by atoms with Gasteiger partial charge in [-0.3, -0.25) is 14.4 Å². The monoisotopic (exact) mass is 580 g/mol. The predicted molar refractivity (Wildman–Crippen MR) is 170 cm³/mol. The Morgan fingerprint density at radius 1 is 0.810 bits per heavy atom. The number of nitrogens with zero attached hydrogens (tertiary/aromatic N) is 1. The molecule has 0 spiro atoms. The molecule has 4 aromatic rings. The van der Waals surface area contributed by atoms with Gasteiger partial charge in [-0.1, -0.05) is 42.5 Å². The number of ether oxygens (including phenoxy) is 1. The number of anilines is 3. The summed E-state index contributed by atoms with van der Waals surface area (Å²) < 4.78 is 5.20. The average Bonchev–Trinajstić information content (AvgIpc) is 3.00. The van der Waals surface area contributed by atoms with Gasteiger partial charge in [-0.2, -0.15) is 0 Å². The van der Waals surface area contributed by atoms with E-state index in [2.05, 4.69) is 16.0 Å². The van der Waals surface area contributed by atoms with Crippen LogP contribution in [-0.4, -0.2) is 44.7 Å². The zero-order valence-corrected chi connectivity index (χ0v) is 24.4. The minimum absolute atomic E-state index is 0.0946. The summed E-state index contributed by atoms with van der Waals surface area (Å²) in [5.74, 6) is -0.211. The van der Waals surface area contributed by atoms with Crippen LogP contribution < -0.4 is 25.6 Å². The third-order valence-corrected chi connectivity index (χ3v) is 7.06. The summed E-state index contributed by atoms with van der Waals surface area (Å²) in [4.78, 5) is 41.6. The Bertz CT molecular complexity index is 1570. The first-order valence-corrected chi connectivity index (χ1v) is 14.1. The third-order valence-electron chi connectivity index (χ3n) is 6.06. The fraction of sp³-hybridized carbons (Fsp3) is 0.121. The van der Waals surface area contributed by atoms with Gasteiger partial charge < -0.3 is 25.6 Å². The molecule has 0 aliphatic carbocycles. The van der Waals surface area contributed by atoms with Crippen LogP contribution in [0.15, 0.2) is 114 Å². The average molecular weight is 581 g/mol. The molecule has 3 N–H and O–H groups in total. The zero-order valence-electron chi connectivity index (χ0n) is 23.6. The van der Waals surface area contributed by atoms with E-state index < -0.39 is 11.8 Å². The molecule has 42 heavy (non-hydrogen) atoms. The lowest BCUT2D eigenvalue weighted by Crippen LogP contribution is -2.30. The van der Waals surface area contributed by atoms with E-state index in [4.69, 9.17) is 4.74 Å². The quantitative estimate of drug-likeness (QED) is 0.151. The van der Waals surface area contributed by atoms with Crippen molar-refractivity contribution in [2.45, 2.75) is 4.90 Å². The SMILES string of the molecule is COc1cccc(NC(=O)CSc2cccc(NC(=O)/C(=C\c3ccc(N(C)C)cc3)NC(=O)c3ccccc3)c2)c1. The van der Waals surface area contributed by atoms with Crippen molar-refractivity contribution in [3.05, 3.63) is 120 Å². The highest BCUT2D eigenvalue weighted by atomic mass is 32.2. The highest BCUT2D eigenvalue weighted by Gasteiger charge is 2.16. The van der Waals surface area contributed by atoms with Gasteiger partial charge in [0.2, 0.25) is 5.91 Å². The van der Waals surface area contributed by atoms with Crippen LogP contribution in [0.5, 0.6) is 5.75 Å². The molecule has 4 aromatic carbocycles. The summed E-state index contributed by atoms with van der Waals surface area (Å²) in [6.45, 7) is 0. The highest BCUT2D eigenvalue weighted by Crippen LogP contribution is 2.23. The number of amides is 3. The number of carbonyl (C=O) groups is 3. The summed E-state index contributed by atoms with van der Waals surface area (Å²) in [5, 5.41) is 8.48. The van der Waals surface area contributed by atoms with Crippen LogP contribution in [0.1, 0.15) is 15.9 Å². The van der Waals surface area contributed by atoms with Crippen molar-refractivity contribution in [3.8, 4) is 5.75 Å². The van der Waals surface area contributed by atoms with Gasteiger partial charge in [0.25, 0.3) is 11.8 Å². The molecule has 0 aliphatic rings. The lowest BCUT2D eigenvalue weighted by atomic mass is 10.1. The second-order valence-corrected chi connectivity index (χ2v) is 10.5. The van der Waals surface area contributed by atoms with Gasteiger partial charge in [-0.15, -0.1) is 11.8 Å². The molecule has 4 rings (SSSR count). The van der Waals surface area contributed by atoms with E-state index in [0.717, 1.165) is 16.1 Å². The third kappa shape index (κ3) is 8.74. The standard InChI is InChI=1S/C33H32N4O4S/c1-37(2)27-17-15-23(16-18-27)19-30(36-32(39)24-9-5-4-6-10-24)33(40)35-26-12-8-14-29(21-26)42-22-31(38)34-25-11-7-13-28(20-25)41-3/h4-21H,22H2,1-3H3,(H,34,38)(H,35,40)(H,36,39)/b30-19+. The Morgan fingerprint density at radius 3 is 2.19 bits per heavy atom. The maximum Gasteiger partial charge on any atom is 0.272 e. The first-order valence-electron chi connectivity index (χ1n) is 13.1. The van der Waals surface area contributed by atoms with Gasteiger partial charge >= 0.3 is 0 Å². The first kappa shape index (κ1) is 30.0. The van der Waals surface area contributed by atoms with E-state index in [1.54, 1.807) is 79.9 Å². The minimum atomic E-state index is -0.478. The Labute approximate surface area is 249 Å². The lowest BCUT2D eigenvalue weighted by Gasteiger charge is -2.14. The number of methoxy groups -OCH3 is 1. The number of benzene rings is 4. The smallest absolute Gasteiger partial charge is 0.272 e. The Kier molecular flexibility index (Phi) is 10.4. The molecule has 214 valence electrons. The molecule has 0 aromatic heterocycles. The Hall–Kier alpha value is -5.02. The summed E-state index contributed by atoms with van der Waals surface area (Å²) >= 11 is 1.34. The zero-order chi connectivity index (χ0) is 29.9. The van der Waals surface area contributed by atoms with Gasteiger partial charge in [0.05, 0.1) is 12.9 Å². The molecular weight excluding hydrogens is 548 g/mol. The second kappa shape index (κ2) is 14.6. The van der Waals surface area contributed by atoms with Crippen LogP contribution in [0.4, 0.5) is 17.1 Å².